The van der Waals surface area contributed by atoms with E-state index in [0.29, 0.717) is 10.8 Å². The Morgan fingerprint density at radius 3 is 2.67 bits per heavy atom. The van der Waals surface area contributed by atoms with Crippen LogP contribution >= 0.6 is 11.3 Å². The molecule has 2 aromatic carbocycles. The van der Waals surface area contributed by atoms with E-state index in [1.807, 2.05) is 18.2 Å². The summed E-state index contributed by atoms with van der Waals surface area (Å²) in [6.07, 6.45) is 0.0964. The molecule has 0 unspecified atom stereocenters. The molecule has 0 bridgehead atoms. The zero-order chi connectivity index (χ0) is 14.8. The Kier molecular flexibility index (Phi) is 3.41. The molecule has 3 aromatic rings. The lowest BCUT2D eigenvalue weighted by Crippen LogP contribution is -2.07. The monoisotopic (exact) mass is 298 g/mol. The van der Waals surface area contributed by atoms with E-state index in [1.54, 1.807) is 24.3 Å². The van der Waals surface area contributed by atoms with E-state index in [4.69, 9.17) is 4.74 Å². The maximum Gasteiger partial charge on any atom is 0.518 e. The quantitative estimate of drug-likeness (QED) is 0.310. The summed E-state index contributed by atoms with van der Waals surface area (Å²) in [6.45, 7) is 3.27. The molecule has 0 atom stereocenters. The molecule has 0 spiro atoms. The Labute approximate surface area is 123 Å². The molecule has 1 aromatic heterocycles. The van der Waals surface area contributed by atoms with E-state index in [0.717, 1.165) is 15.7 Å². The molecular weight excluding hydrogens is 288 g/mol. The zero-order valence-corrected chi connectivity index (χ0v) is 11.7. The van der Waals surface area contributed by atoms with Gasteiger partial charge in [0.2, 0.25) is 0 Å². The number of benzene rings is 2. The van der Waals surface area contributed by atoms with Crippen LogP contribution in [0, 0.1) is 0 Å². The number of fused-ring (bicyclic) bond motifs is 2. The minimum Gasteiger partial charge on any atom is -0.403 e. The van der Waals surface area contributed by atoms with Crippen LogP contribution in [-0.4, -0.2) is 6.16 Å². The standard InChI is InChI=1S/C16H10O4S/c1-2-19-16(18)20-10-7-8-14-12(9-10)15(17)11-5-3-4-6-13(11)21-14/h2-9H,1H2. The van der Waals surface area contributed by atoms with Gasteiger partial charge in [-0.3, -0.25) is 4.79 Å². The molecule has 5 heteroatoms. The normalized spacial score (nSPS) is 10.5. The van der Waals surface area contributed by atoms with Crippen molar-refractivity contribution in [1.82, 2.24) is 0 Å². The lowest BCUT2D eigenvalue weighted by Gasteiger charge is -2.04. The second-order valence-corrected chi connectivity index (χ2v) is 5.31. The second kappa shape index (κ2) is 5.38. The van der Waals surface area contributed by atoms with Gasteiger partial charge in [-0.1, -0.05) is 18.7 Å². The van der Waals surface area contributed by atoms with Crippen molar-refractivity contribution < 1.29 is 14.3 Å². The van der Waals surface area contributed by atoms with Crippen LogP contribution in [0.2, 0.25) is 0 Å². The molecule has 0 amide bonds. The SMILES string of the molecule is C=COC(=O)Oc1ccc2sc3ccccc3c(=O)c2c1. The van der Waals surface area contributed by atoms with Gasteiger partial charge in [0.05, 0.1) is 6.26 Å². The Morgan fingerprint density at radius 2 is 1.86 bits per heavy atom. The van der Waals surface area contributed by atoms with Crippen LogP contribution in [0.3, 0.4) is 0 Å². The van der Waals surface area contributed by atoms with Gasteiger partial charge in [0.15, 0.2) is 5.43 Å². The van der Waals surface area contributed by atoms with Crippen LogP contribution in [0.1, 0.15) is 0 Å². The first kappa shape index (κ1) is 13.3. The molecule has 21 heavy (non-hydrogen) atoms. The highest BCUT2D eigenvalue weighted by atomic mass is 32.1. The third kappa shape index (κ3) is 2.51. The van der Waals surface area contributed by atoms with E-state index >= 15 is 0 Å². The van der Waals surface area contributed by atoms with Crippen molar-refractivity contribution in [1.29, 1.82) is 0 Å². The number of rotatable bonds is 2. The van der Waals surface area contributed by atoms with Gasteiger partial charge in [0.25, 0.3) is 0 Å². The highest BCUT2D eigenvalue weighted by Gasteiger charge is 2.09. The predicted octanol–water partition coefficient (Wildman–Crippen LogP) is 4.07. The highest BCUT2D eigenvalue weighted by Crippen LogP contribution is 2.27. The molecule has 1 heterocycles. The summed E-state index contributed by atoms with van der Waals surface area (Å²) in [5.41, 5.74) is -0.0816. The van der Waals surface area contributed by atoms with E-state index < -0.39 is 6.16 Å². The largest absolute Gasteiger partial charge is 0.518 e. The summed E-state index contributed by atoms with van der Waals surface area (Å²) in [5.74, 6) is 0.258. The van der Waals surface area contributed by atoms with Crippen molar-refractivity contribution in [2.24, 2.45) is 0 Å². The Balaban J connectivity index is 2.14. The first-order chi connectivity index (χ1) is 10.2. The maximum absolute atomic E-state index is 12.5. The third-order valence-electron chi connectivity index (χ3n) is 2.93. The molecule has 0 radical (unpaired) electrons. The molecule has 4 nitrogen and oxygen atoms in total. The summed E-state index contributed by atoms with van der Waals surface area (Å²) < 4.78 is 11.2. The predicted molar refractivity (Wildman–Crippen MR) is 82.9 cm³/mol. The number of carbonyl (C=O) groups is 1. The van der Waals surface area contributed by atoms with Gasteiger partial charge in [-0.25, -0.2) is 4.79 Å². The molecule has 3 rings (SSSR count). The minimum atomic E-state index is -0.888. The van der Waals surface area contributed by atoms with E-state index in [9.17, 15) is 9.59 Å². The van der Waals surface area contributed by atoms with Gasteiger partial charge >= 0.3 is 6.16 Å². The van der Waals surface area contributed by atoms with Crippen LogP contribution in [-0.2, 0) is 4.74 Å². The minimum absolute atomic E-state index is 0.0816. The van der Waals surface area contributed by atoms with E-state index in [2.05, 4.69) is 11.3 Å². The van der Waals surface area contributed by atoms with E-state index in [1.165, 1.54) is 11.3 Å². The summed E-state index contributed by atoms with van der Waals surface area (Å²) >= 11 is 1.52. The maximum atomic E-state index is 12.5. The van der Waals surface area contributed by atoms with Crippen LogP contribution in [0.5, 0.6) is 5.75 Å². The van der Waals surface area contributed by atoms with Gasteiger partial charge in [-0.05, 0) is 30.3 Å². The fourth-order valence-corrected chi connectivity index (χ4v) is 3.09. The van der Waals surface area contributed by atoms with E-state index in [-0.39, 0.29) is 11.2 Å². The van der Waals surface area contributed by atoms with Crippen molar-refractivity contribution in [2.45, 2.75) is 0 Å². The van der Waals surface area contributed by atoms with Crippen molar-refractivity contribution in [2.75, 3.05) is 0 Å². The molecule has 0 aliphatic rings. The Hall–Kier alpha value is -2.66. The lowest BCUT2D eigenvalue weighted by atomic mass is 10.2. The van der Waals surface area contributed by atoms with Crippen molar-refractivity contribution >= 4 is 37.7 Å². The molecule has 0 aliphatic heterocycles. The fourth-order valence-electron chi connectivity index (χ4n) is 2.03. The first-order valence-corrected chi connectivity index (χ1v) is 6.95. The number of carbonyl (C=O) groups excluding carboxylic acids is 1. The average molecular weight is 298 g/mol. The molecule has 0 saturated carbocycles. The van der Waals surface area contributed by atoms with Crippen molar-refractivity contribution in [3.8, 4) is 5.75 Å². The zero-order valence-electron chi connectivity index (χ0n) is 10.9. The van der Waals surface area contributed by atoms with Gasteiger partial charge < -0.3 is 9.47 Å². The van der Waals surface area contributed by atoms with Crippen LogP contribution in [0.15, 0.2) is 60.1 Å². The fraction of sp³-hybridized carbons (Fsp3) is 0. The van der Waals surface area contributed by atoms with Crippen molar-refractivity contribution in [3.63, 3.8) is 0 Å². The molecule has 0 N–H and O–H groups in total. The average Bonchev–Trinajstić information content (AvgIpc) is 2.48. The smallest absolute Gasteiger partial charge is 0.403 e. The highest BCUT2D eigenvalue weighted by molar-refractivity contribution is 7.24. The van der Waals surface area contributed by atoms with Gasteiger partial charge in [-0.15, -0.1) is 11.3 Å². The summed E-state index contributed by atoms with van der Waals surface area (Å²) in [5, 5.41) is 1.17. The van der Waals surface area contributed by atoms with Crippen LogP contribution in [0.4, 0.5) is 4.79 Å². The summed E-state index contributed by atoms with van der Waals surface area (Å²) in [4.78, 5) is 23.7. The molecular formula is C16H10O4S. The first-order valence-electron chi connectivity index (χ1n) is 6.14. The topological polar surface area (TPSA) is 52.6 Å². The number of hydrogen-bond acceptors (Lipinski definition) is 5. The number of ether oxygens (including phenoxy) is 2. The molecule has 104 valence electrons. The molecule has 0 fully saturated rings. The third-order valence-corrected chi connectivity index (χ3v) is 4.08. The van der Waals surface area contributed by atoms with Gasteiger partial charge in [-0.2, -0.15) is 0 Å². The second-order valence-electron chi connectivity index (χ2n) is 4.22. The van der Waals surface area contributed by atoms with Crippen molar-refractivity contribution in [3.05, 3.63) is 65.5 Å². The van der Waals surface area contributed by atoms with Gasteiger partial charge in [0, 0.05) is 20.2 Å². The Morgan fingerprint density at radius 1 is 1.10 bits per heavy atom. The molecule has 0 saturated heterocycles. The number of hydrogen-bond donors (Lipinski definition) is 0. The Bertz CT molecular complexity index is 911. The molecule has 0 aliphatic carbocycles. The summed E-state index contributed by atoms with van der Waals surface area (Å²) in [7, 11) is 0. The van der Waals surface area contributed by atoms with Gasteiger partial charge in [0.1, 0.15) is 5.75 Å². The van der Waals surface area contributed by atoms with Crippen LogP contribution < -0.4 is 10.2 Å². The lowest BCUT2D eigenvalue weighted by molar-refractivity contribution is 0.136. The van der Waals surface area contributed by atoms with Crippen LogP contribution in [0.25, 0.3) is 20.2 Å². The summed E-state index contributed by atoms with van der Waals surface area (Å²) in [6, 6.07) is 12.3.